The summed E-state index contributed by atoms with van der Waals surface area (Å²) in [7, 11) is 0. The van der Waals surface area contributed by atoms with E-state index >= 15 is 0 Å². The zero-order valence-electron chi connectivity index (χ0n) is 7.94. The molecule has 0 fully saturated rings. The lowest BCUT2D eigenvalue weighted by Gasteiger charge is -2.06. The SMILES string of the molecule is Cc1ncccc1-c1ccccc1O. The van der Waals surface area contributed by atoms with E-state index in [1.807, 2.05) is 37.3 Å². The summed E-state index contributed by atoms with van der Waals surface area (Å²) in [6.07, 6.45) is 1.75. The van der Waals surface area contributed by atoms with Gasteiger partial charge in [-0.05, 0) is 19.1 Å². The fourth-order valence-corrected chi connectivity index (χ4v) is 1.47. The van der Waals surface area contributed by atoms with Crippen LogP contribution in [0.1, 0.15) is 5.69 Å². The van der Waals surface area contributed by atoms with Crippen molar-refractivity contribution < 1.29 is 5.11 Å². The van der Waals surface area contributed by atoms with Crippen molar-refractivity contribution in [1.29, 1.82) is 0 Å². The molecule has 0 aliphatic heterocycles. The van der Waals surface area contributed by atoms with Crippen LogP contribution in [0.3, 0.4) is 0 Å². The van der Waals surface area contributed by atoms with Crippen molar-refractivity contribution in [2.75, 3.05) is 0 Å². The average Bonchev–Trinajstić information content (AvgIpc) is 2.20. The first kappa shape index (κ1) is 8.75. The number of phenols is 1. The minimum absolute atomic E-state index is 0.295. The molecule has 1 N–H and O–H groups in total. The molecule has 0 amide bonds. The second kappa shape index (κ2) is 3.50. The van der Waals surface area contributed by atoms with Gasteiger partial charge in [0.05, 0.1) is 0 Å². The van der Waals surface area contributed by atoms with Gasteiger partial charge in [0.25, 0.3) is 0 Å². The van der Waals surface area contributed by atoms with Crippen LogP contribution in [0, 0.1) is 6.92 Å². The van der Waals surface area contributed by atoms with Gasteiger partial charge in [-0.1, -0.05) is 24.3 Å². The van der Waals surface area contributed by atoms with Crippen LogP contribution in [0.25, 0.3) is 11.1 Å². The van der Waals surface area contributed by atoms with Crippen molar-refractivity contribution in [2.45, 2.75) is 6.92 Å². The molecule has 2 rings (SSSR count). The molecule has 0 spiro atoms. The number of para-hydroxylation sites is 1. The van der Waals surface area contributed by atoms with Gasteiger partial charge in [-0.3, -0.25) is 4.98 Å². The molecule has 0 saturated carbocycles. The summed E-state index contributed by atoms with van der Waals surface area (Å²) in [6, 6.07) is 11.1. The van der Waals surface area contributed by atoms with Crippen LogP contribution in [-0.2, 0) is 0 Å². The maximum absolute atomic E-state index is 9.66. The molecule has 0 unspecified atom stereocenters. The highest BCUT2D eigenvalue weighted by atomic mass is 16.3. The first-order valence-electron chi connectivity index (χ1n) is 4.49. The van der Waals surface area contributed by atoms with Crippen LogP contribution >= 0.6 is 0 Å². The lowest BCUT2D eigenvalue weighted by atomic mass is 10.0. The van der Waals surface area contributed by atoms with Crippen LogP contribution in [0.15, 0.2) is 42.6 Å². The Morgan fingerprint density at radius 3 is 2.43 bits per heavy atom. The van der Waals surface area contributed by atoms with Crippen LogP contribution in [-0.4, -0.2) is 10.1 Å². The Hall–Kier alpha value is -1.83. The van der Waals surface area contributed by atoms with E-state index in [0.29, 0.717) is 5.75 Å². The van der Waals surface area contributed by atoms with Crippen molar-refractivity contribution >= 4 is 0 Å². The maximum Gasteiger partial charge on any atom is 0.123 e. The van der Waals surface area contributed by atoms with Crippen LogP contribution < -0.4 is 0 Å². The standard InChI is InChI=1S/C12H11NO/c1-9-10(6-4-8-13-9)11-5-2-3-7-12(11)14/h2-8,14H,1H3. The van der Waals surface area contributed by atoms with Crippen LogP contribution in [0.5, 0.6) is 5.75 Å². The fourth-order valence-electron chi connectivity index (χ4n) is 1.47. The monoisotopic (exact) mass is 185 g/mol. The normalized spacial score (nSPS) is 10.1. The predicted octanol–water partition coefficient (Wildman–Crippen LogP) is 2.76. The van der Waals surface area contributed by atoms with Gasteiger partial charge in [0.2, 0.25) is 0 Å². The van der Waals surface area contributed by atoms with E-state index in [1.165, 1.54) is 0 Å². The molecule has 14 heavy (non-hydrogen) atoms. The Kier molecular flexibility index (Phi) is 2.19. The van der Waals surface area contributed by atoms with Gasteiger partial charge in [-0.2, -0.15) is 0 Å². The zero-order valence-corrected chi connectivity index (χ0v) is 7.94. The number of nitrogens with zero attached hydrogens (tertiary/aromatic N) is 1. The van der Waals surface area contributed by atoms with E-state index in [1.54, 1.807) is 12.3 Å². The third-order valence-corrected chi connectivity index (χ3v) is 2.20. The van der Waals surface area contributed by atoms with Gasteiger partial charge in [-0.15, -0.1) is 0 Å². The fraction of sp³-hybridized carbons (Fsp3) is 0.0833. The number of aryl methyl sites for hydroxylation is 1. The van der Waals surface area contributed by atoms with Gasteiger partial charge in [0.15, 0.2) is 0 Å². The Morgan fingerprint density at radius 1 is 1.00 bits per heavy atom. The molecule has 1 heterocycles. The molecule has 0 bridgehead atoms. The Balaban J connectivity index is 2.61. The zero-order chi connectivity index (χ0) is 9.97. The summed E-state index contributed by atoms with van der Waals surface area (Å²) in [4.78, 5) is 4.19. The number of aromatic nitrogens is 1. The van der Waals surface area contributed by atoms with Gasteiger partial charge < -0.3 is 5.11 Å². The van der Waals surface area contributed by atoms with E-state index in [4.69, 9.17) is 0 Å². The first-order chi connectivity index (χ1) is 6.79. The number of hydrogen-bond donors (Lipinski definition) is 1. The number of benzene rings is 1. The predicted molar refractivity (Wildman–Crippen MR) is 56.1 cm³/mol. The van der Waals surface area contributed by atoms with Gasteiger partial charge >= 0.3 is 0 Å². The third kappa shape index (κ3) is 1.46. The average molecular weight is 185 g/mol. The summed E-state index contributed by atoms with van der Waals surface area (Å²) in [6.45, 7) is 1.93. The molecule has 1 aromatic carbocycles. The van der Waals surface area contributed by atoms with E-state index in [2.05, 4.69) is 4.98 Å². The summed E-state index contributed by atoms with van der Waals surface area (Å²) in [5, 5.41) is 9.66. The molecule has 70 valence electrons. The molecule has 1 aromatic heterocycles. The van der Waals surface area contributed by atoms with Gasteiger partial charge in [0.1, 0.15) is 5.75 Å². The Labute approximate surface area is 82.9 Å². The lowest BCUT2D eigenvalue weighted by molar-refractivity contribution is 0.477. The first-order valence-corrected chi connectivity index (χ1v) is 4.49. The van der Waals surface area contributed by atoms with Gasteiger partial charge in [-0.25, -0.2) is 0 Å². The molecule has 0 aliphatic rings. The maximum atomic E-state index is 9.66. The molecular formula is C12H11NO. The highest BCUT2D eigenvalue weighted by molar-refractivity contribution is 5.71. The molecule has 2 aromatic rings. The minimum Gasteiger partial charge on any atom is -0.507 e. The summed E-state index contributed by atoms with van der Waals surface area (Å²) >= 11 is 0. The molecular weight excluding hydrogens is 174 g/mol. The van der Waals surface area contributed by atoms with Gasteiger partial charge in [0, 0.05) is 23.0 Å². The van der Waals surface area contributed by atoms with E-state index in [-0.39, 0.29) is 0 Å². The number of phenolic OH excluding ortho intramolecular Hbond substituents is 1. The number of rotatable bonds is 1. The molecule has 2 nitrogen and oxygen atoms in total. The number of hydrogen-bond acceptors (Lipinski definition) is 2. The second-order valence-corrected chi connectivity index (χ2v) is 3.15. The molecule has 0 aliphatic carbocycles. The highest BCUT2D eigenvalue weighted by Gasteiger charge is 2.05. The van der Waals surface area contributed by atoms with E-state index in [0.717, 1.165) is 16.8 Å². The van der Waals surface area contributed by atoms with Crippen molar-refractivity contribution in [2.24, 2.45) is 0 Å². The Bertz CT molecular complexity index is 408. The van der Waals surface area contributed by atoms with Crippen LogP contribution in [0.4, 0.5) is 0 Å². The molecule has 0 atom stereocenters. The highest BCUT2D eigenvalue weighted by Crippen LogP contribution is 2.29. The van der Waals surface area contributed by atoms with Crippen molar-refractivity contribution in [1.82, 2.24) is 4.98 Å². The number of pyridine rings is 1. The van der Waals surface area contributed by atoms with E-state index < -0.39 is 0 Å². The number of aromatic hydroxyl groups is 1. The summed E-state index contributed by atoms with van der Waals surface area (Å²) in [5.41, 5.74) is 2.73. The lowest BCUT2D eigenvalue weighted by Crippen LogP contribution is -1.86. The van der Waals surface area contributed by atoms with Crippen molar-refractivity contribution in [3.8, 4) is 16.9 Å². The molecule has 0 saturated heterocycles. The van der Waals surface area contributed by atoms with Crippen molar-refractivity contribution in [3.05, 3.63) is 48.3 Å². The van der Waals surface area contributed by atoms with Crippen LogP contribution in [0.2, 0.25) is 0 Å². The largest absolute Gasteiger partial charge is 0.507 e. The molecule has 2 heteroatoms. The van der Waals surface area contributed by atoms with Crippen molar-refractivity contribution in [3.63, 3.8) is 0 Å². The Morgan fingerprint density at radius 2 is 1.71 bits per heavy atom. The quantitative estimate of drug-likeness (QED) is 0.741. The third-order valence-electron chi connectivity index (χ3n) is 2.20. The summed E-state index contributed by atoms with van der Waals surface area (Å²) in [5.74, 6) is 0.295. The smallest absolute Gasteiger partial charge is 0.123 e. The second-order valence-electron chi connectivity index (χ2n) is 3.15. The van der Waals surface area contributed by atoms with E-state index in [9.17, 15) is 5.11 Å². The summed E-state index contributed by atoms with van der Waals surface area (Å²) < 4.78 is 0. The molecule has 0 radical (unpaired) electrons. The minimum atomic E-state index is 0.295. The topological polar surface area (TPSA) is 33.1 Å².